The van der Waals surface area contributed by atoms with Crippen molar-refractivity contribution in [3.8, 4) is 0 Å². The number of rotatable bonds is 9. The second-order valence-electron chi connectivity index (χ2n) is 5.10. The molecule has 1 aromatic heterocycles. The fraction of sp³-hybridized carbons (Fsp3) is 0.692. The van der Waals surface area contributed by atoms with Crippen LogP contribution in [0.2, 0.25) is 0 Å². The van der Waals surface area contributed by atoms with Crippen LogP contribution >= 0.6 is 0 Å². The molecule has 0 aliphatic heterocycles. The molecule has 0 aliphatic rings. The third-order valence-electron chi connectivity index (χ3n) is 2.58. The lowest BCUT2D eigenvalue weighted by molar-refractivity contribution is 0.198. The number of aromatic nitrogens is 2. The number of hydrogen-bond donors (Lipinski definition) is 3. The van der Waals surface area contributed by atoms with E-state index in [1.54, 1.807) is 13.4 Å². The van der Waals surface area contributed by atoms with E-state index in [9.17, 15) is 0 Å². The van der Waals surface area contributed by atoms with Crippen molar-refractivity contribution in [1.29, 1.82) is 0 Å². The van der Waals surface area contributed by atoms with Gasteiger partial charge in [0.2, 0.25) is 0 Å². The van der Waals surface area contributed by atoms with Crippen molar-refractivity contribution in [1.82, 2.24) is 15.3 Å². The van der Waals surface area contributed by atoms with Gasteiger partial charge >= 0.3 is 0 Å². The van der Waals surface area contributed by atoms with Crippen molar-refractivity contribution in [3.63, 3.8) is 0 Å². The van der Waals surface area contributed by atoms with Crippen LogP contribution in [-0.4, -0.2) is 49.4 Å². The maximum absolute atomic E-state index is 5.00. The SMILES string of the molecule is CNCC(C)(C)Nc1cc(NCCCOC)ncn1. The largest absolute Gasteiger partial charge is 0.385 e. The van der Waals surface area contributed by atoms with E-state index >= 15 is 0 Å². The smallest absolute Gasteiger partial charge is 0.131 e. The summed E-state index contributed by atoms with van der Waals surface area (Å²) < 4.78 is 5.00. The molecule has 0 bridgehead atoms. The standard InChI is InChI=1S/C13H25N5O/c1-13(2,9-14-3)18-12-8-11(16-10-17-12)15-6-5-7-19-4/h8,10,14H,5-7,9H2,1-4H3,(H2,15,16,17,18). The Morgan fingerprint density at radius 1 is 1.26 bits per heavy atom. The Bertz CT molecular complexity index is 370. The maximum Gasteiger partial charge on any atom is 0.131 e. The third-order valence-corrected chi connectivity index (χ3v) is 2.58. The number of ether oxygens (including phenoxy) is 1. The monoisotopic (exact) mass is 267 g/mol. The second-order valence-corrected chi connectivity index (χ2v) is 5.10. The molecule has 0 unspecified atom stereocenters. The van der Waals surface area contributed by atoms with Crippen LogP contribution in [-0.2, 0) is 4.74 Å². The summed E-state index contributed by atoms with van der Waals surface area (Å²) in [5.41, 5.74) is -0.0591. The summed E-state index contributed by atoms with van der Waals surface area (Å²) in [6.45, 7) is 6.69. The molecule has 1 rings (SSSR count). The summed E-state index contributed by atoms with van der Waals surface area (Å²) in [4.78, 5) is 8.43. The molecule has 6 nitrogen and oxygen atoms in total. The van der Waals surface area contributed by atoms with E-state index < -0.39 is 0 Å². The van der Waals surface area contributed by atoms with Crippen LogP contribution in [0, 0.1) is 0 Å². The van der Waals surface area contributed by atoms with Crippen molar-refractivity contribution in [3.05, 3.63) is 12.4 Å². The lowest BCUT2D eigenvalue weighted by Crippen LogP contribution is -2.40. The van der Waals surface area contributed by atoms with Crippen LogP contribution in [0.15, 0.2) is 12.4 Å². The molecule has 0 saturated heterocycles. The first-order chi connectivity index (χ1) is 9.07. The number of nitrogens with zero attached hydrogens (tertiary/aromatic N) is 2. The molecule has 0 aromatic carbocycles. The van der Waals surface area contributed by atoms with Gasteiger partial charge in [-0.05, 0) is 27.3 Å². The Kier molecular flexibility index (Phi) is 6.52. The normalized spacial score (nSPS) is 11.4. The summed E-state index contributed by atoms with van der Waals surface area (Å²) in [6.07, 6.45) is 2.52. The van der Waals surface area contributed by atoms with Crippen molar-refractivity contribution in [2.24, 2.45) is 0 Å². The summed E-state index contributed by atoms with van der Waals surface area (Å²) in [7, 11) is 3.64. The number of anilines is 2. The molecule has 0 spiro atoms. The van der Waals surface area contributed by atoms with Gasteiger partial charge in [-0.1, -0.05) is 0 Å². The van der Waals surface area contributed by atoms with E-state index in [0.717, 1.165) is 37.8 Å². The summed E-state index contributed by atoms with van der Waals surface area (Å²) in [6, 6.07) is 1.92. The Morgan fingerprint density at radius 2 is 2.00 bits per heavy atom. The fourth-order valence-electron chi connectivity index (χ4n) is 1.79. The highest BCUT2D eigenvalue weighted by Crippen LogP contribution is 2.14. The van der Waals surface area contributed by atoms with Crippen LogP contribution < -0.4 is 16.0 Å². The predicted octanol–water partition coefficient (Wildman–Crippen LogP) is 1.33. The Hall–Kier alpha value is -1.40. The van der Waals surface area contributed by atoms with Crippen molar-refractivity contribution >= 4 is 11.6 Å². The lowest BCUT2D eigenvalue weighted by atomic mass is 10.1. The molecule has 108 valence electrons. The van der Waals surface area contributed by atoms with Gasteiger partial charge in [0.05, 0.1) is 0 Å². The zero-order valence-corrected chi connectivity index (χ0v) is 12.3. The number of hydrogen-bond acceptors (Lipinski definition) is 6. The highest BCUT2D eigenvalue weighted by Gasteiger charge is 2.16. The average molecular weight is 267 g/mol. The Morgan fingerprint density at radius 3 is 2.68 bits per heavy atom. The molecule has 0 amide bonds. The average Bonchev–Trinajstić information content (AvgIpc) is 2.34. The quantitative estimate of drug-likeness (QED) is 0.586. The summed E-state index contributed by atoms with van der Waals surface area (Å²) >= 11 is 0. The lowest BCUT2D eigenvalue weighted by Gasteiger charge is -2.26. The van der Waals surface area contributed by atoms with Gasteiger partial charge in [0.1, 0.15) is 18.0 Å². The van der Waals surface area contributed by atoms with Gasteiger partial charge in [0, 0.05) is 38.4 Å². The molecule has 0 fully saturated rings. The molecule has 19 heavy (non-hydrogen) atoms. The molecule has 0 saturated carbocycles. The van der Waals surface area contributed by atoms with E-state index in [0.29, 0.717) is 0 Å². The summed E-state index contributed by atoms with van der Waals surface area (Å²) in [5.74, 6) is 1.65. The van der Waals surface area contributed by atoms with Gasteiger partial charge in [-0.3, -0.25) is 0 Å². The molecule has 1 aromatic rings. The van der Waals surface area contributed by atoms with Gasteiger partial charge in [-0.15, -0.1) is 0 Å². The van der Waals surface area contributed by atoms with Crippen LogP contribution in [0.3, 0.4) is 0 Å². The van der Waals surface area contributed by atoms with Crippen molar-refractivity contribution in [2.45, 2.75) is 25.8 Å². The predicted molar refractivity (Wildman–Crippen MR) is 78.6 cm³/mol. The minimum atomic E-state index is -0.0591. The fourth-order valence-corrected chi connectivity index (χ4v) is 1.79. The molecular weight excluding hydrogens is 242 g/mol. The first-order valence-electron chi connectivity index (χ1n) is 6.55. The summed E-state index contributed by atoms with van der Waals surface area (Å²) in [5, 5.41) is 9.79. The molecule has 0 atom stereocenters. The molecule has 0 aliphatic carbocycles. The van der Waals surface area contributed by atoms with E-state index in [-0.39, 0.29) is 5.54 Å². The Labute approximate surface area is 115 Å². The Balaban J connectivity index is 2.52. The van der Waals surface area contributed by atoms with E-state index in [2.05, 4.69) is 39.8 Å². The van der Waals surface area contributed by atoms with Crippen molar-refractivity contribution in [2.75, 3.05) is 44.5 Å². The van der Waals surface area contributed by atoms with Crippen LogP contribution in [0.25, 0.3) is 0 Å². The molecule has 1 heterocycles. The highest BCUT2D eigenvalue weighted by atomic mass is 16.5. The molecule has 3 N–H and O–H groups in total. The molecule has 0 radical (unpaired) electrons. The van der Waals surface area contributed by atoms with Crippen molar-refractivity contribution < 1.29 is 4.74 Å². The maximum atomic E-state index is 5.00. The number of methoxy groups -OCH3 is 1. The minimum Gasteiger partial charge on any atom is -0.385 e. The second kappa shape index (κ2) is 7.91. The van der Waals surface area contributed by atoms with Gasteiger partial charge in [-0.25, -0.2) is 9.97 Å². The third kappa shape index (κ3) is 6.35. The van der Waals surface area contributed by atoms with E-state index in [1.807, 2.05) is 13.1 Å². The topological polar surface area (TPSA) is 71.1 Å². The van der Waals surface area contributed by atoms with Crippen LogP contribution in [0.1, 0.15) is 20.3 Å². The first kappa shape index (κ1) is 15.7. The van der Waals surface area contributed by atoms with E-state index in [1.165, 1.54) is 0 Å². The van der Waals surface area contributed by atoms with Gasteiger partial charge in [0.15, 0.2) is 0 Å². The molecule has 6 heteroatoms. The number of nitrogens with one attached hydrogen (secondary N) is 3. The zero-order chi connectivity index (χ0) is 14.1. The minimum absolute atomic E-state index is 0.0591. The van der Waals surface area contributed by atoms with Gasteiger partial charge in [0.25, 0.3) is 0 Å². The van der Waals surface area contributed by atoms with Crippen LogP contribution in [0.5, 0.6) is 0 Å². The zero-order valence-electron chi connectivity index (χ0n) is 12.3. The molecular formula is C13H25N5O. The highest BCUT2D eigenvalue weighted by molar-refractivity contribution is 5.47. The number of likely N-dealkylation sites (N-methyl/N-ethyl adjacent to an activating group) is 1. The van der Waals surface area contributed by atoms with E-state index in [4.69, 9.17) is 4.74 Å². The van der Waals surface area contributed by atoms with Gasteiger partial charge in [-0.2, -0.15) is 0 Å². The first-order valence-corrected chi connectivity index (χ1v) is 6.55. The van der Waals surface area contributed by atoms with Gasteiger partial charge < -0.3 is 20.7 Å². The van der Waals surface area contributed by atoms with Crippen LogP contribution in [0.4, 0.5) is 11.6 Å².